The molecule has 0 bridgehead atoms. The zero-order valence-corrected chi connectivity index (χ0v) is 16.2. The number of ether oxygens (including phenoxy) is 1. The number of fused-ring (bicyclic) bond motifs is 1. The fraction of sp³-hybridized carbons (Fsp3) is 0.778. The SMILES string of the molecule is CC(C)C(F)CN1c2nc(N3CCOC[C@H]3C)cc(=O)n2CC[C@H]1C(F)(F)F. The molecule has 1 saturated heterocycles. The number of nitrogens with zero attached hydrogens (tertiary/aromatic N) is 4. The van der Waals surface area contributed by atoms with Gasteiger partial charge in [-0.15, -0.1) is 0 Å². The third kappa shape index (κ3) is 4.11. The Kier molecular flexibility index (Phi) is 5.88. The molecule has 1 aromatic rings. The van der Waals surface area contributed by atoms with Crippen LogP contribution in [0.25, 0.3) is 0 Å². The number of morpholine rings is 1. The van der Waals surface area contributed by atoms with Crippen LogP contribution in [0.4, 0.5) is 29.3 Å². The van der Waals surface area contributed by atoms with Gasteiger partial charge in [0.1, 0.15) is 18.0 Å². The summed E-state index contributed by atoms with van der Waals surface area (Å²) in [5, 5.41) is 0. The van der Waals surface area contributed by atoms with E-state index in [1.807, 2.05) is 11.8 Å². The van der Waals surface area contributed by atoms with Crippen LogP contribution in [0.2, 0.25) is 0 Å². The highest BCUT2D eigenvalue weighted by atomic mass is 19.4. The van der Waals surface area contributed by atoms with Crippen molar-refractivity contribution in [3.8, 4) is 0 Å². The first-order chi connectivity index (χ1) is 13.1. The number of alkyl halides is 4. The number of hydrogen-bond donors (Lipinski definition) is 0. The molecule has 0 aliphatic carbocycles. The molecule has 0 radical (unpaired) electrons. The van der Waals surface area contributed by atoms with Gasteiger partial charge < -0.3 is 14.5 Å². The molecule has 1 unspecified atom stereocenters. The lowest BCUT2D eigenvalue weighted by Crippen LogP contribution is -2.55. The number of rotatable bonds is 4. The van der Waals surface area contributed by atoms with Crippen LogP contribution >= 0.6 is 0 Å². The molecule has 3 atom stereocenters. The summed E-state index contributed by atoms with van der Waals surface area (Å²) >= 11 is 0. The molecule has 6 nitrogen and oxygen atoms in total. The highest BCUT2D eigenvalue weighted by molar-refractivity contribution is 5.47. The van der Waals surface area contributed by atoms with Crippen molar-refractivity contribution in [3.63, 3.8) is 0 Å². The van der Waals surface area contributed by atoms with Crippen LogP contribution in [0.1, 0.15) is 27.2 Å². The standard InChI is InChI=1S/C18H26F4N4O2/c1-11(2)13(19)9-26-14(18(20,21)22)4-5-25-16(27)8-15(23-17(25)26)24-6-7-28-10-12(24)3/h8,11-14H,4-7,9-10H2,1-3H3/t12-,13?,14+/m1/s1. The highest BCUT2D eigenvalue weighted by Crippen LogP contribution is 2.35. The molecule has 0 saturated carbocycles. The van der Waals surface area contributed by atoms with E-state index in [9.17, 15) is 22.4 Å². The summed E-state index contributed by atoms with van der Waals surface area (Å²) in [5.74, 6) is -0.253. The van der Waals surface area contributed by atoms with E-state index in [-0.39, 0.29) is 25.0 Å². The molecule has 3 heterocycles. The van der Waals surface area contributed by atoms with Crippen molar-refractivity contribution in [3.05, 3.63) is 16.4 Å². The summed E-state index contributed by atoms with van der Waals surface area (Å²) in [6, 6.07) is -0.593. The van der Waals surface area contributed by atoms with Gasteiger partial charge in [0.15, 0.2) is 0 Å². The Balaban J connectivity index is 2.05. The van der Waals surface area contributed by atoms with E-state index in [1.54, 1.807) is 13.8 Å². The molecule has 0 spiro atoms. The molecule has 0 amide bonds. The summed E-state index contributed by atoms with van der Waals surface area (Å²) in [5.41, 5.74) is -0.427. The molecular formula is C18H26F4N4O2. The van der Waals surface area contributed by atoms with Crippen molar-refractivity contribution in [1.29, 1.82) is 0 Å². The van der Waals surface area contributed by atoms with Crippen LogP contribution in [0.15, 0.2) is 10.9 Å². The van der Waals surface area contributed by atoms with E-state index in [0.29, 0.717) is 25.6 Å². The Morgan fingerprint density at radius 1 is 1.32 bits per heavy atom. The lowest BCUT2D eigenvalue weighted by Gasteiger charge is -2.41. The maximum atomic E-state index is 14.4. The van der Waals surface area contributed by atoms with Crippen LogP contribution in [-0.4, -0.2) is 60.3 Å². The minimum absolute atomic E-state index is 0.0660. The summed E-state index contributed by atoms with van der Waals surface area (Å²) in [7, 11) is 0. The third-order valence-electron chi connectivity index (χ3n) is 5.37. The van der Waals surface area contributed by atoms with Gasteiger partial charge in [-0.05, 0) is 19.3 Å². The summed E-state index contributed by atoms with van der Waals surface area (Å²) < 4.78 is 62.0. The van der Waals surface area contributed by atoms with E-state index < -0.39 is 36.4 Å². The van der Waals surface area contributed by atoms with Gasteiger partial charge in [0.2, 0.25) is 5.95 Å². The first kappa shape index (κ1) is 20.9. The van der Waals surface area contributed by atoms with Gasteiger partial charge in [0.25, 0.3) is 5.56 Å². The molecule has 0 aromatic carbocycles. The maximum absolute atomic E-state index is 14.4. The Morgan fingerprint density at radius 2 is 2.04 bits per heavy atom. The molecule has 2 aliphatic rings. The van der Waals surface area contributed by atoms with Gasteiger partial charge in [-0.1, -0.05) is 13.8 Å². The third-order valence-corrected chi connectivity index (χ3v) is 5.37. The lowest BCUT2D eigenvalue weighted by molar-refractivity contribution is -0.153. The molecule has 158 valence electrons. The van der Waals surface area contributed by atoms with Crippen LogP contribution in [0.5, 0.6) is 0 Å². The van der Waals surface area contributed by atoms with E-state index in [4.69, 9.17) is 4.74 Å². The molecular weight excluding hydrogens is 380 g/mol. The van der Waals surface area contributed by atoms with Crippen LogP contribution in [-0.2, 0) is 11.3 Å². The number of aromatic nitrogens is 2. The zero-order chi connectivity index (χ0) is 20.6. The minimum atomic E-state index is -4.54. The van der Waals surface area contributed by atoms with Crippen molar-refractivity contribution in [2.24, 2.45) is 5.92 Å². The summed E-state index contributed by atoms with van der Waals surface area (Å²) in [6.45, 7) is 5.93. The van der Waals surface area contributed by atoms with Crippen molar-refractivity contribution in [1.82, 2.24) is 9.55 Å². The average molecular weight is 406 g/mol. The quantitative estimate of drug-likeness (QED) is 0.720. The molecule has 28 heavy (non-hydrogen) atoms. The fourth-order valence-corrected chi connectivity index (χ4v) is 3.62. The molecule has 2 aliphatic heterocycles. The molecule has 1 aromatic heterocycles. The Morgan fingerprint density at radius 3 is 2.64 bits per heavy atom. The van der Waals surface area contributed by atoms with Gasteiger partial charge in [0, 0.05) is 19.2 Å². The zero-order valence-electron chi connectivity index (χ0n) is 16.2. The second kappa shape index (κ2) is 7.88. The van der Waals surface area contributed by atoms with Gasteiger partial charge in [-0.3, -0.25) is 9.36 Å². The predicted molar refractivity (Wildman–Crippen MR) is 97.7 cm³/mol. The van der Waals surface area contributed by atoms with Crippen LogP contribution in [0, 0.1) is 5.92 Å². The molecule has 10 heteroatoms. The first-order valence-electron chi connectivity index (χ1n) is 9.53. The number of anilines is 2. The maximum Gasteiger partial charge on any atom is 0.408 e. The van der Waals surface area contributed by atoms with Crippen molar-refractivity contribution in [2.75, 3.05) is 36.1 Å². The Bertz CT molecular complexity index is 752. The summed E-state index contributed by atoms with van der Waals surface area (Å²) in [6.07, 6.45) is -6.32. The van der Waals surface area contributed by atoms with Crippen LogP contribution in [0.3, 0.4) is 0 Å². The predicted octanol–water partition coefficient (Wildman–Crippen LogP) is 2.60. The smallest absolute Gasteiger partial charge is 0.377 e. The van der Waals surface area contributed by atoms with Crippen molar-refractivity contribution < 1.29 is 22.3 Å². The molecule has 1 fully saturated rings. The molecule has 0 N–H and O–H groups in total. The average Bonchev–Trinajstić information content (AvgIpc) is 2.61. The summed E-state index contributed by atoms with van der Waals surface area (Å²) in [4.78, 5) is 19.8. The monoisotopic (exact) mass is 406 g/mol. The first-order valence-corrected chi connectivity index (χ1v) is 9.53. The highest BCUT2D eigenvalue weighted by Gasteiger charge is 2.47. The van der Waals surface area contributed by atoms with E-state index in [2.05, 4.69) is 4.98 Å². The van der Waals surface area contributed by atoms with E-state index >= 15 is 0 Å². The normalized spacial score (nSPS) is 24.4. The van der Waals surface area contributed by atoms with Gasteiger partial charge in [0.05, 0.1) is 25.8 Å². The minimum Gasteiger partial charge on any atom is -0.377 e. The fourth-order valence-electron chi connectivity index (χ4n) is 3.62. The molecule has 3 rings (SSSR count). The van der Waals surface area contributed by atoms with Crippen molar-refractivity contribution in [2.45, 2.75) is 58.2 Å². The van der Waals surface area contributed by atoms with Gasteiger partial charge in [-0.25, -0.2) is 4.39 Å². The Labute approximate surface area is 161 Å². The van der Waals surface area contributed by atoms with E-state index in [0.717, 1.165) is 4.90 Å². The largest absolute Gasteiger partial charge is 0.408 e. The number of hydrogen-bond acceptors (Lipinski definition) is 5. The van der Waals surface area contributed by atoms with Crippen LogP contribution < -0.4 is 15.4 Å². The second-order valence-electron chi connectivity index (χ2n) is 7.78. The van der Waals surface area contributed by atoms with Gasteiger partial charge in [-0.2, -0.15) is 18.2 Å². The Hall–Kier alpha value is -1.84. The lowest BCUT2D eigenvalue weighted by atomic mass is 10.0. The van der Waals surface area contributed by atoms with E-state index in [1.165, 1.54) is 10.6 Å². The van der Waals surface area contributed by atoms with Crippen molar-refractivity contribution >= 4 is 11.8 Å². The number of halogens is 4. The second-order valence-corrected chi connectivity index (χ2v) is 7.78. The van der Waals surface area contributed by atoms with Gasteiger partial charge >= 0.3 is 6.18 Å². The topological polar surface area (TPSA) is 50.6 Å².